The zero-order valence-corrected chi connectivity index (χ0v) is 16.4. The Morgan fingerprint density at radius 3 is 2.40 bits per heavy atom. The van der Waals surface area contributed by atoms with Gasteiger partial charge in [0.15, 0.2) is 0 Å². The first-order valence-corrected chi connectivity index (χ1v) is 8.94. The number of benzene rings is 2. The summed E-state index contributed by atoms with van der Waals surface area (Å²) < 4.78 is 4.90. The van der Waals surface area contributed by atoms with Crippen molar-refractivity contribution in [1.82, 2.24) is 0 Å². The van der Waals surface area contributed by atoms with Crippen LogP contribution in [0.1, 0.15) is 17.0 Å². The Bertz CT molecular complexity index is 1090. The van der Waals surface area contributed by atoms with Gasteiger partial charge in [0.05, 0.1) is 29.1 Å². The van der Waals surface area contributed by atoms with Crippen molar-refractivity contribution in [3.63, 3.8) is 0 Å². The van der Waals surface area contributed by atoms with E-state index in [4.69, 9.17) is 16.2 Å². The number of esters is 1. The topological polar surface area (TPSA) is 142 Å². The van der Waals surface area contributed by atoms with Gasteiger partial charge >= 0.3 is 5.97 Å². The number of carbonyl (C=O) groups is 2. The van der Waals surface area contributed by atoms with Crippen molar-refractivity contribution in [2.24, 2.45) is 11.5 Å². The summed E-state index contributed by atoms with van der Waals surface area (Å²) in [5.74, 6) is -2.56. The van der Waals surface area contributed by atoms with E-state index in [2.05, 4.69) is 0 Å². The molecule has 9 heteroatoms. The Labute approximate surface area is 172 Å². The van der Waals surface area contributed by atoms with Crippen molar-refractivity contribution >= 4 is 23.3 Å². The van der Waals surface area contributed by atoms with Gasteiger partial charge in [-0.2, -0.15) is 0 Å². The number of methoxy groups -OCH3 is 1. The molecular weight excluding hydrogens is 388 g/mol. The van der Waals surface area contributed by atoms with Crippen LogP contribution >= 0.6 is 0 Å². The second kappa shape index (κ2) is 8.08. The molecule has 1 aliphatic rings. The first-order valence-electron chi connectivity index (χ1n) is 8.94. The number of non-ortho nitro benzene ring substituents is 1. The minimum Gasteiger partial charge on any atom is -0.466 e. The van der Waals surface area contributed by atoms with Gasteiger partial charge in [-0.15, -0.1) is 0 Å². The number of nitrogens with zero attached hydrogens (tertiary/aromatic N) is 2. The SMILES string of the molecule is COC(=O)C1=CN(c2ccc(C)cc2)C(N)=C(C(N)=O)C1c1cccc([N+](=O)[O-])c1. The highest BCUT2D eigenvalue weighted by molar-refractivity contribution is 6.02. The Morgan fingerprint density at radius 1 is 1.17 bits per heavy atom. The smallest absolute Gasteiger partial charge is 0.336 e. The maximum atomic E-state index is 12.6. The predicted molar refractivity (Wildman–Crippen MR) is 110 cm³/mol. The molecule has 0 spiro atoms. The minimum atomic E-state index is -1.02. The van der Waals surface area contributed by atoms with Crippen molar-refractivity contribution in [1.29, 1.82) is 0 Å². The molecule has 1 heterocycles. The summed E-state index contributed by atoms with van der Waals surface area (Å²) in [5.41, 5.74) is 13.7. The van der Waals surface area contributed by atoms with E-state index in [1.54, 1.807) is 18.2 Å². The molecule has 3 rings (SSSR count). The lowest BCUT2D eigenvalue weighted by Crippen LogP contribution is -2.37. The molecule has 154 valence electrons. The van der Waals surface area contributed by atoms with Crippen molar-refractivity contribution in [2.75, 3.05) is 12.0 Å². The average Bonchev–Trinajstić information content (AvgIpc) is 2.73. The minimum absolute atomic E-state index is 0.0236. The summed E-state index contributed by atoms with van der Waals surface area (Å²) in [5, 5.41) is 11.2. The highest BCUT2D eigenvalue weighted by atomic mass is 16.6. The molecule has 30 heavy (non-hydrogen) atoms. The van der Waals surface area contributed by atoms with Gasteiger partial charge in [0.1, 0.15) is 5.82 Å². The molecule has 1 unspecified atom stereocenters. The van der Waals surface area contributed by atoms with Crippen LogP contribution in [-0.2, 0) is 14.3 Å². The molecule has 0 aliphatic carbocycles. The summed E-state index contributed by atoms with van der Waals surface area (Å²) in [4.78, 5) is 37.1. The van der Waals surface area contributed by atoms with Crippen LogP contribution < -0.4 is 16.4 Å². The zero-order chi connectivity index (χ0) is 22.0. The number of rotatable bonds is 5. The van der Waals surface area contributed by atoms with Crippen molar-refractivity contribution in [3.05, 3.63) is 92.9 Å². The van der Waals surface area contributed by atoms with E-state index in [1.165, 1.54) is 36.4 Å². The Kier molecular flexibility index (Phi) is 5.54. The third kappa shape index (κ3) is 3.72. The lowest BCUT2D eigenvalue weighted by molar-refractivity contribution is -0.384. The average molecular weight is 408 g/mol. The molecule has 0 bridgehead atoms. The quantitative estimate of drug-likeness (QED) is 0.439. The first kappa shape index (κ1) is 20.6. The predicted octanol–water partition coefficient (Wildman–Crippen LogP) is 2.22. The first-order chi connectivity index (χ1) is 14.2. The van der Waals surface area contributed by atoms with Gasteiger partial charge < -0.3 is 21.1 Å². The van der Waals surface area contributed by atoms with Crippen molar-refractivity contribution in [3.8, 4) is 0 Å². The fourth-order valence-electron chi connectivity index (χ4n) is 3.36. The summed E-state index contributed by atoms with van der Waals surface area (Å²) in [6, 6.07) is 12.9. The van der Waals surface area contributed by atoms with E-state index in [-0.39, 0.29) is 22.7 Å². The third-order valence-electron chi connectivity index (χ3n) is 4.82. The summed E-state index contributed by atoms with van der Waals surface area (Å²) in [7, 11) is 1.20. The number of ether oxygens (including phenoxy) is 1. The number of hydrogen-bond acceptors (Lipinski definition) is 7. The van der Waals surface area contributed by atoms with E-state index in [0.717, 1.165) is 5.56 Å². The molecule has 1 aliphatic heterocycles. The lowest BCUT2D eigenvalue weighted by Gasteiger charge is -2.33. The molecule has 0 saturated heterocycles. The Hall–Kier alpha value is -4.14. The third-order valence-corrected chi connectivity index (χ3v) is 4.82. The number of nitrogens with two attached hydrogens (primary N) is 2. The molecular formula is C21H20N4O5. The molecule has 0 radical (unpaired) electrons. The largest absolute Gasteiger partial charge is 0.466 e. The van der Waals surface area contributed by atoms with Crippen LogP contribution in [0.4, 0.5) is 11.4 Å². The van der Waals surface area contributed by atoms with Gasteiger partial charge in [0.2, 0.25) is 5.91 Å². The van der Waals surface area contributed by atoms with Gasteiger partial charge in [-0.3, -0.25) is 14.9 Å². The molecule has 2 aromatic rings. The molecule has 1 atom stereocenters. The van der Waals surface area contributed by atoms with Crippen molar-refractivity contribution in [2.45, 2.75) is 12.8 Å². The van der Waals surface area contributed by atoms with Crippen LogP contribution in [-0.4, -0.2) is 23.9 Å². The number of amides is 1. The molecule has 0 fully saturated rings. The van der Waals surface area contributed by atoms with Gasteiger partial charge in [0, 0.05) is 24.0 Å². The second-order valence-corrected chi connectivity index (χ2v) is 6.73. The molecule has 4 N–H and O–H groups in total. The highest BCUT2D eigenvalue weighted by Gasteiger charge is 2.37. The van der Waals surface area contributed by atoms with E-state index in [1.807, 2.05) is 19.1 Å². The number of anilines is 1. The monoisotopic (exact) mass is 408 g/mol. The van der Waals surface area contributed by atoms with Crippen LogP contribution in [0.25, 0.3) is 0 Å². The van der Waals surface area contributed by atoms with Crippen LogP contribution in [0, 0.1) is 17.0 Å². The normalized spacial score (nSPS) is 16.1. The Balaban J connectivity index is 2.24. The number of nitro benzene ring substituents is 1. The fraction of sp³-hybridized carbons (Fsp3) is 0.143. The molecule has 1 amide bonds. The Morgan fingerprint density at radius 2 is 1.83 bits per heavy atom. The lowest BCUT2D eigenvalue weighted by atomic mass is 9.82. The summed E-state index contributed by atoms with van der Waals surface area (Å²) in [6.45, 7) is 1.92. The summed E-state index contributed by atoms with van der Waals surface area (Å²) >= 11 is 0. The van der Waals surface area contributed by atoms with Crippen LogP contribution in [0.5, 0.6) is 0 Å². The van der Waals surface area contributed by atoms with E-state index < -0.39 is 22.7 Å². The highest BCUT2D eigenvalue weighted by Crippen LogP contribution is 2.40. The number of hydrogen-bond donors (Lipinski definition) is 2. The number of nitro groups is 1. The number of aryl methyl sites for hydroxylation is 1. The fourth-order valence-corrected chi connectivity index (χ4v) is 3.36. The molecule has 0 aromatic heterocycles. The molecule has 9 nitrogen and oxygen atoms in total. The maximum Gasteiger partial charge on any atom is 0.336 e. The van der Waals surface area contributed by atoms with E-state index in [9.17, 15) is 19.7 Å². The van der Waals surface area contributed by atoms with Gasteiger partial charge in [0.25, 0.3) is 5.69 Å². The van der Waals surface area contributed by atoms with E-state index in [0.29, 0.717) is 11.3 Å². The van der Waals surface area contributed by atoms with Gasteiger partial charge in [-0.1, -0.05) is 29.8 Å². The van der Waals surface area contributed by atoms with Crippen LogP contribution in [0.3, 0.4) is 0 Å². The van der Waals surface area contributed by atoms with Crippen molar-refractivity contribution < 1.29 is 19.2 Å². The molecule has 2 aromatic carbocycles. The summed E-state index contributed by atoms with van der Waals surface area (Å²) in [6.07, 6.45) is 1.46. The van der Waals surface area contributed by atoms with Crippen LogP contribution in [0.2, 0.25) is 0 Å². The van der Waals surface area contributed by atoms with Crippen LogP contribution in [0.15, 0.2) is 71.7 Å². The van der Waals surface area contributed by atoms with E-state index >= 15 is 0 Å². The van der Waals surface area contributed by atoms with Gasteiger partial charge in [-0.25, -0.2) is 4.79 Å². The maximum absolute atomic E-state index is 12.6. The van der Waals surface area contributed by atoms with Gasteiger partial charge in [-0.05, 0) is 24.6 Å². The molecule has 0 saturated carbocycles. The number of primary amides is 1. The number of carbonyl (C=O) groups excluding carboxylic acids is 2. The standard InChI is InChI=1S/C21H20N4O5/c1-12-6-8-14(9-7-12)24-11-16(21(27)30-2)17(18(19(24)22)20(23)26)13-4-3-5-15(10-13)25(28)29/h3-11,17H,22H2,1-2H3,(H2,23,26). The second-order valence-electron chi connectivity index (χ2n) is 6.73. The zero-order valence-electron chi connectivity index (χ0n) is 16.4.